The number of allylic oxidation sites excluding steroid dienone is 1. The fraction of sp³-hybridized carbons (Fsp3) is 0.370. The Kier molecular flexibility index (Phi) is 7.31. The van der Waals surface area contributed by atoms with Crippen LogP contribution in [0.5, 0.6) is 0 Å². The summed E-state index contributed by atoms with van der Waals surface area (Å²) in [6.45, 7) is 5.32. The number of hydrogen-bond donors (Lipinski definition) is 2. The second-order valence-corrected chi connectivity index (χ2v) is 11.2. The standard InChI is InChI=1S/C27H31N3O4S/c1-27(2,12-15-31)29-35(32,33)25(19-28)18-24-10-11-26(34-24)22-7-6-21-17-23(9-8-20(21)16-22)30-13-4-3-5-14-30/h6-11,16-18,29,31H,3-5,12-15H2,1-2H3/b25-18+. The number of nitrogens with zero attached hydrogens (tertiary/aromatic N) is 2. The fourth-order valence-corrected chi connectivity index (χ4v) is 5.70. The molecule has 3 aromatic rings. The average Bonchev–Trinajstić information content (AvgIpc) is 3.30. The number of fused-ring (bicyclic) bond motifs is 1. The molecule has 2 N–H and O–H groups in total. The highest BCUT2D eigenvalue weighted by molar-refractivity contribution is 7.93. The first-order chi connectivity index (χ1) is 16.7. The van der Waals surface area contributed by atoms with Crippen molar-refractivity contribution in [2.24, 2.45) is 0 Å². The Hall–Kier alpha value is -3.12. The van der Waals surface area contributed by atoms with Crippen LogP contribution >= 0.6 is 0 Å². The number of aliphatic hydroxyl groups excluding tert-OH is 1. The number of nitrogens with one attached hydrogen (secondary N) is 1. The van der Waals surface area contributed by atoms with E-state index in [1.807, 2.05) is 12.1 Å². The van der Waals surface area contributed by atoms with Crippen molar-refractivity contribution < 1.29 is 17.9 Å². The van der Waals surface area contributed by atoms with Gasteiger partial charge in [-0.05, 0) is 80.6 Å². The summed E-state index contributed by atoms with van der Waals surface area (Å²) < 4.78 is 33.7. The molecule has 0 atom stereocenters. The van der Waals surface area contributed by atoms with E-state index in [4.69, 9.17) is 9.52 Å². The molecule has 184 valence electrons. The van der Waals surface area contributed by atoms with Gasteiger partial charge in [-0.1, -0.05) is 18.2 Å². The topological polar surface area (TPSA) is 107 Å². The average molecular weight is 494 g/mol. The molecule has 2 heterocycles. The molecule has 0 bridgehead atoms. The number of benzene rings is 2. The Morgan fingerprint density at radius 2 is 1.83 bits per heavy atom. The third kappa shape index (κ3) is 5.93. The van der Waals surface area contributed by atoms with Gasteiger partial charge in [-0.3, -0.25) is 0 Å². The van der Waals surface area contributed by atoms with Gasteiger partial charge in [0.1, 0.15) is 17.6 Å². The lowest BCUT2D eigenvalue weighted by Crippen LogP contribution is -2.44. The Labute approximate surface area is 206 Å². The lowest BCUT2D eigenvalue weighted by Gasteiger charge is -2.29. The second-order valence-electron chi connectivity index (χ2n) is 9.58. The molecule has 1 aliphatic heterocycles. The first kappa shape index (κ1) is 25.0. The van der Waals surface area contributed by atoms with E-state index in [-0.39, 0.29) is 18.8 Å². The van der Waals surface area contributed by atoms with E-state index in [0.717, 1.165) is 29.4 Å². The molecule has 4 rings (SSSR count). The highest BCUT2D eigenvalue weighted by Crippen LogP contribution is 2.30. The van der Waals surface area contributed by atoms with Crippen LogP contribution in [-0.2, 0) is 10.0 Å². The van der Waals surface area contributed by atoms with Crippen molar-refractivity contribution in [3.8, 4) is 17.4 Å². The van der Waals surface area contributed by atoms with Crippen LogP contribution in [0.2, 0.25) is 0 Å². The number of hydrogen-bond acceptors (Lipinski definition) is 6. The highest BCUT2D eigenvalue weighted by atomic mass is 32.2. The number of sulfonamides is 1. The Balaban J connectivity index is 1.56. The zero-order valence-corrected chi connectivity index (χ0v) is 20.9. The van der Waals surface area contributed by atoms with Gasteiger partial charge >= 0.3 is 0 Å². The molecule has 1 fully saturated rings. The summed E-state index contributed by atoms with van der Waals surface area (Å²) in [4.78, 5) is 1.98. The van der Waals surface area contributed by atoms with Gasteiger partial charge in [-0.2, -0.15) is 5.26 Å². The maximum atomic E-state index is 12.7. The third-order valence-electron chi connectivity index (χ3n) is 6.28. The minimum Gasteiger partial charge on any atom is -0.457 e. The minimum absolute atomic E-state index is 0.173. The van der Waals surface area contributed by atoms with Crippen LogP contribution < -0.4 is 9.62 Å². The van der Waals surface area contributed by atoms with Gasteiger partial charge in [-0.15, -0.1) is 0 Å². The van der Waals surface area contributed by atoms with E-state index < -0.39 is 20.5 Å². The van der Waals surface area contributed by atoms with Gasteiger partial charge in [0.25, 0.3) is 10.0 Å². The summed E-state index contributed by atoms with van der Waals surface area (Å²) in [5, 5.41) is 20.9. The second kappa shape index (κ2) is 10.2. The number of nitriles is 1. The van der Waals surface area contributed by atoms with Crippen molar-refractivity contribution in [1.29, 1.82) is 5.26 Å². The van der Waals surface area contributed by atoms with Crippen molar-refractivity contribution >= 4 is 32.6 Å². The first-order valence-electron chi connectivity index (χ1n) is 11.9. The third-order valence-corrected chi connectivity index (χ3v) is 7.89. The predicted octanol–water partition coefficient (Wildman–Crippen LogP) is 5.03. The molecule has 0 unspecified atom stereocenters. The SMILES string of the molecule is CC(C)(CCO)NS(=O)(=O)/C(C#N)=C/c1ccc(-c2ccc3cc(N4CCCCC4)ccc3c2)o1. The summed E-state index contributed by atoms with van der Waals surface area (Å²) in [5.74, 6) is 0.851. The van der Waals surface area contributed by atoms with Gasteiger partial charge in [0.05, 0.1) is 0 Å². The van der Waals surface area contributed by atoms with Crippen LogP contribution in [0.1, 0.15) is 45.3 Å². The normalized spacial score (nSPS) is 15.4. The highest BCUT2D eigenvalue weighted by Gasteiger charge is 2.28. The number of aliphatic hydroxyl groups is 1. The summed E-state index contributed by atoms with van der Waals surface area (Å²) in [7, 11) is -4.07. The quantitative estimate of drug-likeness (QED) is 0.426. The molecule has 0 amide bonds. The number of rotatable bonds is 8. The van der Waals surface area contributed by atoms with E-state index >= 15 is 0 Å². The van der Waals surface area contributed by atoms with E-state index in [2.05, 4.69) is 33.9 Å². The van der Waals surface area contributed by atoms with Crippen LogP contribution in [0.4, 0.5) is 5.69 Å². The molecule has 2 aromatic carbocycles. The maximum absolute atomic E-state index is 12.7. The Bertz CT molecular complexity index is 1380. The summed E-state index contributed by atoms with van der Waals surface area (Å²) in [6, 6.07) is 17.7. The molecule has 0 saturated carbocycles. The molecule has 7 nitrogen and oxygen atoms in total. The lowest BCUT2D eigenvalue weighted by atomic mass is 10.0. The van der Waals surface area contributed by atoms with Crippen LogP contribution in [-0.4, -0.2) is 38.8 Å². The van der Waals surface area contributed by atoms with E-state index in [9.17, 15) is 13.7 Å². The van der Waals surface area contributed by atoms with Crippen molar-refractivity contribution in [3.63, 3.8) is 0 Å². The minimum atomic E-state index is -4.07. The zero-order chi connectivity index (χ0) is 25.1. The van der Waals surface area contributed by atoms with Crippen LogP contribution in [0.3, 0.4) is 0 Å². The summed E-state index contributed by atoms with van der Waals surface area (Å²) >= 11 is 0. The first-order valence-corrected chi connectivity index (χ1v) is 13.3. The molecule has 0 spiro atoms. The molecule has 1 aliphatic rings. The predicted molar refractivity (Wildman–Crippen MR) is 139 cm³/mol. The van der Waals surface area contributed by atoms with Gasteiger partial charge in [-0.25, -0.2) is 13.1 Å². The molecule has 1 saturated heterocycles. The fourth-order valence-electron chi connectivity index (χ4n) is 4.37. The maximum Gasteiger partial charge on any atom is 0.251 e. The summed E-state index contributed by atoms with van der Waals surface area (Å²) in [6.07, 6.45) is 5.20. The lowest BCUT2D eigenvalue weighted by molar-refractivity contribution is 0.246. The molecular weight excluding hydrogens is 462 g/mol. The van der Waals surface area contributed by atoms with Gasteiger partial charge in [0.15, 0.2) is 4.91 Å². The molecule has 0 radical (unpaired) electrons. The molecule has 35 heavy (non-hydrogen) atoms. The number of piperidine rings is 1. The van der Waals surface area contributed by atoms with Gasteiger partial charge < -0.3 is 14.4 Å². The number of furan rings is 1. The van der Waals surface area contributed by atoms with Crippen molar-refractivity contribution in [2.45, 2.75) is 45.1 Å². The van der Waals surface area contributed by atoms with Crippen LogP contribution in [0.15, 0.2) is 57.9 Å². The van der Waals surface area contributed by atoms with Crippen molar-refractivity contribution in [3.05, 3.63) is 59.2 Å². The smallest absolute Gasteiger partial charge is 0.251 e. The van der Waals surface area contributed by atoms with E-state index in [1.165, 1.54) is 31.0 Å². The molecule has 1 aromatic heterocycles. The molecule has 8 heteroatoms. The van der Waals surface area contributed by atoms with Crippen LogP contribution in [0.25, 0.3) is 28.2 Å². The van der Waals surface area contributed by atoms with E-state index in [1.54, 1.807) is 32.0 Å². The van der Waals surface area contributed by atoms with Crippen LogP contribution in [0, 0.1) is 11.3 Å². The van der Waals surface area contributed by atoms with Crippen molar-refractivity contribution in [2.75, 3.05) is 24.6 Å². The van der Waals surface area contributed by atoms with E-state index in [0.29, 0.717) is 5.76 Å². The largest absolute Gasteiger partial charge is 0.457 e. The van der Waals surface area contributed by atoms with Gasteiger partial charge in [0.2, 0.25) is 0 Å². The van der Waals surface area contributed by atoms with Crippen molar-refractivity contribution in [1.82, 2.24) is 4.72 Å². The number of anilines is 1. The summed E-state index contributed by atoms with van der Waals surface area (Å²) in [5.41, 5.74) is 1.22. The molecule has 0 aliphatic carbocycles. The Morgan fingerprint density at radius 1 is 1.11 bits per heavy atom. The zero-order valence-electron chi connectivity index (χ0n) is 20.1. The monoisotopic (exact) mass is 493 g/mol. The Morgan fingerprint density at radius 3 is 2.54 bits per heavy atom. The van der Waals surface area contributed by atoms with Gasteiger partial charge in [0, 0.05) is 42.6 Å². The molecular formula is C27H31N3O4S.